The second-order valence-corrected chi connectivity index (χ2v) is 3.11. The smallest absolute Gasteiger partial charge is 0.214 e. The first-order valence-corrected chi connectivity index (χ1v) is 4.56. The van der Waals surface area contributed by atoms with Crippen molar-refractivity contribution in [3.05, 3.63) is 24.3 Å². The molecule has 0 bridgehead atoms. The molecule has 1 rings (SSSR count). The summed E-state index contributed by atoms with van der Waals surface area (Å²) in [6.45, 7) is 3.10. The molecule has 3 heteroatoms. The van der Waals surface area contributed by atoms with Gasteiger partial charge < -0.3 is 4.90 Å². The van der Waals surface area contributed by atoms with Crippen molar-refractivity contribution in [2.24, 2.45) is 0 Å². The van der Waals surface area contributed by atoms with Crippen molar-refractivity contribution in [2.45, 2.75) is 19.8 Å². The van der Waals surface area contributed by atoms with Gasteiger partial charge in [-0.3, -0.25) is 0 Å². The van der Waals surface area contributed by atoms with Crippen molar-refractivity contribution in [3.8, 4) is 0 Å². The third kappa shape index (κ3) is 3.01. The van der Waals surface area contributed by atoms with E-state index in [4.69, 9.17) is 0 Å². The summed E-state index contributed by atoms with van der Waals surface area (Å²) in [5, 5.41) is 0. The molecule has 0 aliphatic rings. The van der Waals surface area contributed by atoms with E-state index in [2.05, 4.69) is 11.9 Å². The van der Waals surface area contributed by atoms with Crippen molar-refractivity contribution < 1.29 is 4.39 Å². The van der Waals surface area contributed by atoms with Crippen molar-refractivity contribution in [1.82, 2.24) is 4.98 Å². The van der Waals surface area contributed by atoms with Gasteiger partial charge in [0.2, 0.25) is 5.95 Å². The molecule has 72 valence electrons. The zero-order valence-corrected chi connectivity index (χ0v) is 8.13. The van der Waals surface area contributed by atoms with Gasteiger partial charge in [-0.2, -0.15) is 4.39 Å². The van der Waals surface area contributed by atoms with Crippen LogP contribution in [-0.2, 0) is 0 Å². The van der Waals surface area contributed by atoms with Gasteiger partial charge in [-0.05, 0) is 12.5 Å². The number of nitrogens with zero attached hydrogens (tertiary/aromatic N) is 2. The van der Waals surface area contributed by atoms with E-state index >= 15 is 0 Å². The highest BCUT2D eigenvalue weighted by atomic mass is 19.1. The molecular weight excluding hydrogens is 167 g/mol. The average molecular weight is 182 g/mol. The van der Waals surface area contributed by atoms with Gasteiger partial charge in [0.25, 0.3) is 0 Å². The highest BCUT2D eigenvalue weighted by molar-refractivity contribution is 5.43. The molecule has 1 aromatic heterocycles. The summed E-state index contributed by atoms with van der Waals surface area (Å²) < 4.78 is 12.7. The Morgan fingerprint density at radius 3 is 2.92 bits per heavy atom. The number of hydrogen-bond donors (Lipinski definition) is 0. The highest BCUT2D eigenvalue weighted by Gasteiger charge is 2.00. The third-order valence-corrected chi connectivity index (χ3v) is 2.00. The van der Waals surface area contributed by atoms with Crippen LogP contribution in [0.2, 0.25) is 0 Å². The molecule has 0 spiro atoms. The van der Waals surface area contributed by atoms with Gasteiger partial charge >= 0.3 is 0 Å². The lowest BCUT2D eigenvalue weighted by Crippen LogP contribution is -2.18. The quantitative estimate of drug-likeness (QED) is 0.665. The number of aromatic nitrogens is 1. The third-order valence-electron chi connectivity index (χ3n) is 2.00. The van der Waals surface area contributed by atoms with E-state index in [0.29, 0.717) is 0 Å². The van der Waals surface area contributed by atoms with Crippen LogP contribution >= 0.6 is 0 Å². The van der Waals surface area contributed by atoms with Gasteiger partial charge in [0, 0.05) is 31.5 Å². The molecule has 0 radical (unpaired) electrons. The number of halogens is 1. The molecule has 0 atom stereocenters. The minimum absolute atomic E-state index is 0.416. The fraction of sp³-hybridized carbons (Fsp3) is 0.500. The Balaban J connectivity index is 2.60. The molecule has 0 fully saturated rings. The Morgan fingerprint density at radius 1 is 1.54 bits per heavy atom. The summed E-state index contributed by atoms with van der Waals surface area (Å²) in [6.07, 6.45) is 3.77. The molecule has 13 heavy (non-hydrogen) atoms. The summed E-state index contributed by atoms with van der Waals surface area (Å²) in [5.41, 5.74) is 0.890. The van der Waals surface area contributed by atoms with Crippen LogP contribution in [0.3, 0.4) is 0 Å². The van der Waals surface area contributed by atoms with Crippen LogP contribution in [0.1, 0.15) is 19.8 Å². The zero-order chi connectivity index (χ0) is 9.68. The van der Waals surface area contributed by atoms with E-state index in [0.717, 1.165) is 25.1 Å². The van der Waals surface area contributed by atoms with Crippen molar-refractivity contribution >= 4 is 5.69 Å². The van der Waals surface area contributed by atoms with Crippen LogP contribution in [0.15, 0.2) is 18.3 Å². The lowest BCUT2D eigenvalue weighted by Gasteiger charge is -2.18. The number of pyridine rings is 1. The van der Waals surface area contributed by atoms with Crippen molar-refractivity contribution in [2.75, 3.05) is 18.5 Å². The summed E-state index contributed by atoms with van der Waals surface area (Å²) >= 11 is 0. The fourth-order valence-corrected chi connectivity index (χ4v) is 1.15. The average Bonchev–Trinajstić information content (AvgIpc) is 2.14. The first-order valence-electron chi connectivity index (χ1n) is 4.56. The van der Waals surface area contributed by atoms with Crippen LogP contribution in [0.25, 0.3) is 0 Å². The summed E-state index contributed by atoms with van der Waals surface area (Å²) in [4.78, 5) is 5.55. The summed E-state index contributed by atoms with van der Waals surface area (Å²) in [5.74, 6) is -0.416. The van der Waals surface area contributed by atoms with Crippen LogP contribution in [0, 0.1) is 5.95 Å². The Morgan fingerprint density at radius 2 is 2.31 bits per heavy atom. The molecule has 0 N–H and O–H groups in total. The molecule has 0 amide bonds. The van der Waals surface area contributed by atoms with Gasteiger partial charge in [-0.15, -0.1) is 0 Å². The van der Waals surface area contributed by atoms with Crippen LogP contribution in [-0.4, -0.2) is 18.6 Å². The molecule has 1 heterocycles. The van der Waals surface area contributed by atoms with Gasteiger partial charge in [0.15, 0.2) is 0 Å². The first kappa shape index (κ1) is 9.96. The molecule has 0 aliphatic heterocycles. The monoisotopic (exact) mass is 182 g/mol. The summed E-state index contributed by atoms with van der Waals surface area (Å²) in [6, 6.07) is 3.27. The predicted molar refractivity (Wildman–Crippen MR) is 52.4 cm³/mol. The minimum atomic E-state index is -0.416. The van der Waals surface area contributed by atoms with Crippen molar-refractivity contribution in [1.29, 1.82) is 0 Å². The number of unbranched alkanes of at least 4 members (excludes halogenated alkanes) is 1. The molecule has 0 aliphatic carbocycles. The van der Waals surface area contributed by atoms with E-state index in [1.54, 1.807) is 0 Å². The number of anilines is 1. The lowest BCUT2D eigenvalue weighted by atomic mass is 10.3. The van der Waals surface area contributed by atoms with Gasteiger partial charge in [0.1, 0.15) is 0 Å². The largest absolute Gasteiger partial charge is 0.374 e. The summed E-state index contributed by atoms with van der Waals surface area (Å²) in [7, 11) is 1.96. The Labute approximate surface area is 78.4 Å². The molecule has 1 aromatic rings. The number of rotatable bonds is 4. The van der Waals surface area contributed by atoms with E-state index in [-0.39, 0.29) is 0 Å². The minimum Gasteiger partial charge on any atom is -0.374 e. The SMILES string of the molecule is CCCCN(C)c1ccnc(F)c1. The molecule has 0 saturated heterocycles. The van der Waals surface area contributed by atoms with E-state index < -0.39 is 5.95 Å². The van der Waals surface area contributed by atoms with Crippen LogP contribution in [0.4, 0.5) is 10.1 Å². The van der Waals surface area contributed by atoms with E-state index in [1.165, 1.54) is 12.3 Å². The first-order chi connectivity index (χ1) is 6.24. The van der Waals surface area contributed by atoms with Crippen molar-refractivity contribution in [3.63, 3.8) is 0 Å². The number of hydrogen-bond acceptors (Lipinski definition) is 2. The molecular formula is C10H15FN2. The van der Waals surface area contributed by atoms with Gasteiger partial charge in [-0.1, -0.05) is 13.3 Å². The molecule has 0 unspecified atom stereocenters. The van der Waals surface area contributed by atoms with E-state index in [9.17, 15) is 4.39 Å². The maximum Gasteiger partial charge on any atom is 0.214 e. The molecule has 0 aromatic carbocycles. The highest BCUT2D eigenvalue weighted by Crippen LogP contribution is 2.12. The Bertz CT molecular complexity index is 263. The normalized spacial score (nSPS) is 10.1. The predicted octanol–water partition coefficient (Wildman–Crippen LogP) is 2.46. The fourth-order valence-electron chi connectivity index (χ4n) is 1.15. The molecule has 2 nitrogen and oxygen atoms in total. The van der Waals surface area contributed by atoms with E-state index in [1.807, 2.05) is 18.0 Å². The Hall–Kier alpha value is -1.12. The van der Waals surface area contributed by atoms with Gasteiger partial charge in [-0.25, -0.2) is 4.98 Å². The van der Waals surface area contributed by atoms with Crippen LogP contribution in [0.5, 0.6) is 0 Å². The standard InChI is InChI=1S/C10H15FN2/c1-3-4-7-13(2)9-5-6-12-10(11)8-9/h5-6,8H,3-4,7H2,1-2H3. The maximum atomic E-state index is 12.7. The second-order valence-electron chi connectivity index (χ2n) is 3.11. The topological polar surface area (TPSA) is 16.1 Å². The Kier molecular flexibility index (Phi) is 3.68. The zero-order valence-electron chi connectivity index (χ0n) is 8.13. The van der Waals surface area contributed by atoms with Crippen LogP contribution < -0.4 is 4.90 Å². The second kappa shape index (κ2) is 4.80. The lowest BCUT2D eigenvalue weighted by molar-refractivity contribution is 0.583. The van der Waals surface area contributed by atoms with Gasteiger partial charge in [0.05, 0.1) is 0 Å². The molecule has 0 saturated carbocycles. The maximum absolute atomic E-state index is 12.7.